The zero-order valence-electron chi connectivity index (χ0n) is 16.1. The van der Waals surface area contributed by atoms with Gasteiger partial charge in [-0.3, -0.25) is 9.59 Å². The lowest BCUT2D eigenvalue weighted by Crippen LogP contribution is -2.51. The van der Waals surface area contributed by atoms with Gasteiger partial charge in [0, 0.05) is 32.6 Å². The number of amides is 2. The maximum absolute atomic E-state index is 12.4. The molecule has 1 heterocycles. The van der Waals surface area contributed by atoms with Crippen LogP contribution in [-0.4, -0.2) is 54.4 Å². The van der Waals surface area contributed by atoms with Crippen LogP contribution in [0.1, 0.15) is 17.5 Å². The van der Waals surface area contributed by atoms with Crippen molar-refractivity contribution in [1.29, 1.82) is 0 Å². The number of hydrogen-bond donors (Lipinski definition) is 0. The summed E-state index contributed by atoms with van der Waals surface area (Å²) in [4.78, 5) is 28.4. The molecule has 0 aliphatic carbocycles. The molecular formula is C22H25ClN2O3. The Labute approximate surface area is 170 Å². The van der Waals surface area contributed by atoms with Gasteiger partial charge < -0.3 is 14.5 Å². The second-order valence-electron chi connectivity index (χ2n) is 6.92. The van der Waals surface area contributed by atoms with Crippen LogP contribution < -0.4 is 4.74 Å². The standard InChI is InChI=1S/C22H25ClN2O3/c1-17-6-5-9-19(22(17)23)28-16-21(27)25-14-12-24(13-15-25)20(26)11-10-18-7-3-2-4-8-18/h2-9H,10-16H2,1H3. The molecule has 28 heavy (non-hydrogen) atoms. The summed E-state index contributed by atoms with van der Waals surface area (Å²) in [5.41, 5.74) is 2.07. The van der Waals surface area contributed by atoms with Crippen LogP contribution in [0.4, 0.5) is 0 Å². The topological polar surface area (TPSA) is 49.9 Å². The maximum Gasteiger partial charge on any atom is 0.260 e. The van der Waals surface area contributed by atoms with Gasteiger partial charge in [-0.2, -0.15) is 0 Å². The first-order valence-corrected chi connectivity index (χ1v) is 9.90. The summed E-state index contributed by atoms with van der Waals surface area (Å²) in [6.45, 7) is 4.02. The van der Waals surface area contributed by atoms with Crippen molar-refractivity contribution >= 4 is 23.4 Å². The number of carbonyl (C=O) groups excluding carboxylic acids is 2. The smallest absolute Gasteiger partial charge is 0.260 e. The van der Waals surface area contributed by atoms with Crippen molar-refractivity contribution in [2.24, 2.45) is 0 Å². The Morgan fingerprint density at radius 3 is 2.25 bits per heavy atom. The van der Waals surface area contributed by atoms with Gasteiger partial charge in [0.05, 0.1) is 5.02 Å². The number of hydrogen-bond acceptors (Lipinski definition) is 3. The third-order valence-corrected chi connectivity index (χ3v) is 5.45. The van der Waals surface area contributed by atoms with E-state index in [4.69, 9.17) is 16.3 Å². The number of rotatable bonds is 6. The molecule has 0 atom stereocenters. The van der Waals surface area contributed by atoms with Crippen molar-refractivity contribution in [2.45, 2.75) is 19.8 Å². The predicted molar refractivity (Wildman–Crippen MR) is 110 cm³/mol. The Morgan fingerprint density at radius 1 is 0.929 bits per heavy atom. The molecule has 0 aromatic heterocycles. The molecular weight excluding hydrogens is 376 g/mol. The Balaban J connectivity index is 1.42. The molecule has 148 valence electrons. The number of benzene rings is 2. The van der Waals surface area contributed by atoms with Gasteiger partial charge in [-0.15, -0.1) is 0 Å². The minimum absolute atomic E-state index is 0.0505. The van der Waals surface area contributed by atoms with Crippen LogP contribution in [0.3, 0.4) is 0 Å². The summed E-state index contributed by atoms with van der Waals surface area (Å²) in [7, 11) is 0. The molecule has 1 fully saturated rings. The van der Waals surface area contributed by atoms with Crippen molar-refractivity contribution in [1.82, 2.24) is 9.80 Å². The second-order valence-corrected chi connectivity index (χ2v) is 7.30. The summed E-state index contributed by atoms with van der Waals surface area (Å²) >= 11 is 6.20. The van der Waals surface area contributed by atoms with Crippen molar-refractivity contribution < 1.29 is 14.3 Å². The first kappa shape index (κ1) is 20.2. The predicted octanol–water partition coefficient (Wildman–Crippen LogP) is 3.33. The normalized spacial score (nSPS) is 14.1. The van der Waals surface area contributed by atoms with Crippen LogP contribution in [-0.2, 0) is 16.0 Å². The van der Waals surface area contributed by atoms with Gasteiger partial charge in [-0.05, 0) is 30.5 Å². The number of halogens is 1. The van der Waals surface area contributed by atoms with Crippen LogP contribution >= 0.6 is 11.6 Å². The van der Waals surface area contributed by atoms with Gasteiger partial charge >= 0.3 is 0 Å². The van der Waals surface area contributed by atoms with E-state index >= 15 is 0 Å². The fourth-order valence-corrected chi connectivity index (χ4v) is 3.40. The highest BCUT2D eigenvalue weighted by atomic mass is 35.5. The average molecular weight is 401 g/mol. The van der Waals surface area contributed by atoms with Crippen molar-refractivity contribution in [2.75, 3.05) is 32.8 Å². The molecule has 5 nitrogen and oxygen atoms in total. The van der Waals surface area contributed by atoms with E-state index in [1.807, 2.05) is 54.3 Å². The molecule has 3 rings (SSSR count). The summed E-state index contributed by atoms with van der Waals surface area (Å²) in [6, 6.07) is 15.5. The van der Waals surface area contributed by atoms with Gasteiger partial charge in [-0.1, -0.05) is 54.1 Å². The van der Waals surface area contributed by atoms with E-state index in [1.54, 1.807) is 11.0 Å². The zero-order chi connectivity index (χ0) is 19.9. The quantitative estimate of drug-likeness (QED) is 0.747. The third kappa shape index (κ3) is 5.26. The summed E-state index contributed by atoms with van der Waals surface area (Å²) in [6.07, 6.45) is 1.23. The summed E-state index contributed by atoms with van der Waals surface area (Å²) < 4.78 is 5.59. The highest BCUT2D eigenvalue weighted by Gasteiger charge is 2.24. The molecule has 6 heteroatoms. The number of nitrogens with zero attached hydrogens (tertiary/aromatic N) is 2. The van der Waals surface area contributed by atoms with Crippen LogP contribution in [0.5, 0.6) is 5.75 Å². The van der Waals surface area contributed by atoms with E-state index in [0.717, 1.165) is 17.5 Å². The zero-order valence-corrected chi connectivity index (χ0v) is 16.8. The van der Waals surface area contributed by atoms with Crippen molar-refractivity contribution in [3.63, 3.8) is 0 Å². The molecule has 0 bridgehead atoms. The van der Waals surface area contributed by atoms with Gasteiger partial charge in [0.2, 0.25) is 5.91 Å². The lowest BCUT2D eigenvalue weighted by atomic mass is 10.1. The van der Waals surface area contributed by atoms with Gasteiger partial charge in [-0.25, -0.2) is 0 Å². The van der Waals surface area contributed by atoms with Crippen LogP contribution in [0.25, 0.3) is 0 Å². The molecule has 0 unspecified atom stereocenters. The molecule has 0 saturated carbocycles. The van der Waals surface area contributed by atoms with E-state index in [0.29, 0.717) is 43.4 Å². The Morgan fingerprint density at radius 2 is 1.57 bits per heavy atom. The lowest BCUT2D eigenvalue weighted by Gasteiger charge is -2.34. The first-order valence-electron chi connectivity index (χ1n) is 9.52. The summed E-state index contributed by atoms with van der Waals surface area (Å²) in [5.74, 6) is 0.567. The molecule has 2 aromatic carbocycles. The first-order chi connectivity index (χ1) is 13.5. The minimum atomic E-state index is -0.0889. The molecule has 0 N–H and O–H groups in total. The molecule has 2 amide bonds. The third-order valence-electron chi connectivity index (χ3n) is 4.96. The van der Waals surface area contributed by atoms with E-state index in [9.17, 15) is 9.59 Å². The molecule has 1 aliphatic rings. The summed E-state index contributed by atoms with van der Waals surface area (Å²) in [5, 5.41) is 0.532. The van der Waals surface area contributed by atoms with Gasteiger partial charge in [0.15, 0.2) is 6.61 Å². The average Bonchev–Trinajstić information content (AvgIpc) is 2.73. The number of aryl methyl sites for hydroxylation is 2. The van der Waals surface area contributed by atoms with E-state index < -0.39 is 0 Å². The minimum Gasteiger partial charge on any atom is -0.482 e. The molecule has 2 aromatic rings. The number of piperazine rings is 1. The Bertz CT molecular complexity index is 818. The molecule has 0 radical (unpaired) electrons. The fourth-order valence-electron chi connectivity index (χ4n) is 3.22. The highest BCUT2D eigenvalue weighted by molar-refractivity contribution is 6.32. The SMILES string of the molecule is Cc1cccc(OCC(=O)N2CCN(C(=O)CCc3ccccc3)CC2)c1Cl. The maximum atomic E-state index is 12.4. The number of carbonyl (C=O) groups is 2. The molecule has 1 saturated heterocycles. The Hall–Kier alpha value is -2.53. The van der Waals surface area contributed by atoms with E-state index in [2.05, 4.69) is 0 Å². The number of ether oxygens (including phenoxy) is 1. The van der Waals surface area contributed by atoms with Crippen LogP contribution in [0.15, 0.2) is 48.5 Å². The second kappa shape index (κ2) is 9.60. The fraction of sp³-hybridized carbons (Fsp3) is 0.364. The van der Waals surface area contributed by atoms with Crippen molar-refractivity contribution in [3.05, 3.63) is 64.7 Å². The van der Waals surface area contributed by atoms with E-state index in [1.165, 1.54) is 0 Å². The van der Waals surface area contributed by atoms with E-state index in [-0.39, 0.29) is 18.4 Å². The Kier molecular flexibility index (Phi) is 6.93. The van der Waals surface area contributed by atoms with Gasteiger partial charge in [0.1, 0.15) is 5.75 Å². The largest absolute Gasteiger partial charge is 0.482 e. The van der Waals surface area contributed by atoms with Crippen molar-refractivity contribution in [3.8, 4) is 5.75 Å². The van der Waals surface area contributed by atoms with Crippen LogP contribution in [0, 0.1) is 6.92 Å². The molecule has 0 spiro atoms. The lowest BCUT2D eigenvalue weighted by molar-refractivity contribution is -0.140. The van der Waals surface area contributed by atoms with Crippen LogP contribution in [0.2, 0.25) is 5.02 Å². The monoisotopic (exact) mass is 400 g/mol. The van der Waals surface area contributed by atoms with Gasteiger partial charge in [0.25, 0.3) is 5.91 Å². The highest BCUT2D eigenvalue weighted by Crippen LogP contribution is 2.27. The molecule has 1 aliphatic heterocycles.